The standard InChI is InChI=1S/C16H15N7.C15H13N7O.C3H8.Pt/c1-2-8-22-11-14(18-21-22)12-6-7-13(17-10-12)16-20-19-15-5-3-4-9-23(15)16;23-8-7-21-10-13(17-20-21)11-4-5-12(16-9-11)15-19-18-14-3-1-2-6-22(14)15;1-3-2;/h3-7,9-11H,2,8H2,1H3;1-6,9-10,23H,7-8H2;3H2,1-2H3;. The van der Waals surface area contributed by atoms with Crippen molar-refractivity contribution in [2.24, 2.45) is 0 Å². The van der Waals surface area contributed by atoms with Crippen LogP contribution in [0.1, 0.15) is 33.6 Å². The Morgan fingerprint density at radius 1 is 0.560 bits per heavy atom. The molecule has 0 fully saturated rings. The molecule has 0 aliphatic rings. The van der Waals surface area contributed by atoms with Gasteiger partial charge in [0.05, 0.1) is 25.5 Å². The predicted molar refractivity (Wildman–Crippen MR) is 184 cm³/mol. The molecule has 0 amide bonds. The van der Waals surface area contributed by atoms with Crippen LogP contribution < -0.4 is 0 Å². The molecule has 0 unspecified atom stereocenters. The number of aliphatic hydroxyl groups is 1. The summed E-state index contributed by atoms with van der Waals surface area (Å²) >= 11 is 0. The van der Waals surface area contributed by atoms with Crippen LogP contribution in [-0.2, 0) is 34.2 Å². The van der Waals surface area contributed by atoms with E-state index in [1.54, 1.807) is 23.3 Å². The number of aromatic nitrogens is 14. The predicted octanol–water partition coefficient (Wildman–Crippen LogP) is 4.92. The molecule has 8 aromatic rings. The van der Waals surface area contributed by atoms with Crippen LogP contribution in [0.4, 0.5) is 0 Å². The van der Waals surface area contributed by atoms with E-state index < -0.39 is 0 Å². The zero-order chi connectivity index (χ0) is 34.0. The van der Waals surface area contributed by atoms with Crippen LogP contribution in [0, 0.1) is 0 Å². The molecule has 8 rings (SSSR count). The minimum atomic E-state index is 0. The Balaban J connectivity index is 0.000000177. The monoisotopic (exact) mass is 851 g/mol. The molecule has 0 bridgehead atoms. The molecule has 8 aromatic heterocycles. The summed E-state index contributed by atoms with van der Waals surface area (Å²) in [6.07, 6.45) is 13.3. The van der Waals surface area contributed by atoms with Gasteiger partial charge in [0.25, 0.3) is 0 Å². The molecular formula is C34H36N14OPt. The van der Waals surface area contributed by atoms with E-state index in [4.69, 9.17) is 5.11 Å². The minimum absolute atomic E-state index is 0. The van der Waals surface area contributed by atoms with Crippen LogP contribution in [0.15, 0.2) is 97.8 Å². The van der Waals surface area contributed by atoms with Gasteiger partial charge in [-0.3, -0.25) is 23.5 Å². The number of fused-ring (bicyclic) bond motifs is 2. The Morgan fingerprint density at radius 2 is 1.04 bits per heavy atom. The fraction of sp³-hybridized carbons (Fsp3) is 0.235. The molecule has 0 saturated carbocycles. The normalized spacial score (nSPS) is 10.6. The number of nitrogens with zero attached hydrogens (tertiary/aromatic N) is 14. The molecule has 0 atom stereocenters. The quantitative estimate of drug-likeness (QED) is 0.221. The van der Waals surface area contributed by atoms with Gasteiger partial charge in [0, 0.05) is 63.5 Å². The average Bonchev–Trinajstić information content (AvgIpc) is 3.96. The maximum absolute atomic E-state index is 8.91. The molecule has 0 radical (unpaired) electrons. The van der Waals surface area contributed by atoms with Crippen LogP contribution in [0.5, 0.6) is 0 Å². The molecule has 8 heterocycles. The number of pyridine rings is 4. The van der Waals surface area contributed by atoms with Gasteiger partial charge in [-0.05, 0) is 55.0 Å². The second kappa shape index (κ2) is 17.2. The SMILES string of the molecule is CCC.CCCn1cc(-c2ccc(-c3nnc4ccccn34)nc2)nn1.OCCn1cc(-c2ccc(-c3nnc4ccccn34)nc2)nn1.[Pt]. The van der Waals surface area contributed by atoms with Crippen molar-refractivity contribution in [2.45, 2.75) is 46.7 Å². The van der Waals surface area contributed by atoms with Gasteiger partial charge in [0.15, 0.2) is 22.9 Å². The zero-order valence-electron chi connectivity index (χ0n) is 27.8. The van der Waals surface area contributed by atoms with Gasteiger partial charge in [0.2, 0.25) is 0 Å². The molecule has 0 saturated heterocycles. The Bertz CT molecular complexity index is 2060. The van der Waals surface area contributed by atoms with Crippen molar-refractivity contribution in [1.29, 1.82) is 0 Å². The summed E-state index contributed by atoms with van der Waals surface area (Å²) in [5, 5.41) is 41.9. The summed E-state index contributed by atoms with van der Waals surface area (Å²) in [6.45, 7) is 7.68. The van der Waals surface area contributed by atoms with E-state index in [1.807, 2.05) is 92.7 Å². The van der Waals surface area contributed by atoms with E-state index in [1.165, 1.54) is 6.42 Å². The van der Waals surface area contributed by atoms with E-state index in [0.717, 1.165) is 58.3 Å². The smallest absolute Gasteiger partial charge is 0.186 e. The van der Waals surface area contributed by atoms with E-state index in [9.17, 15) is 0 Å². The average molecular weight is 852 g/mol. The summed E-state index contributed by atoms with van der Waals surface area (Å²) in [5.74, 6) is 1.41. The second-order valence-electron chi connectivity index (χ2n) is 10.9. The third-order valence-corrected chi connectivity index (χ3v) is 7.06. The molecule has 15 nitrogen and oxygen atoms in total. The molecule has 258 valence electrons. The molecule has 1 N–H and O–H groups in total. The van der Waals surface area contributed by atoms with Crippen molar-refractivity contribution in [2.75, 3.05) is 6.61 Å². The van der Waals surface area contributed by atoms with E-state index in [0.29, 0.717) is 18.1 Å². The third kappa shape index (κ3) is 8.18. The van der Waals surface area contributed by atoms with Crippen molar-refractivity contribution < 1.29 is 26.2 Å². The number of hydrogen-bond acceptors (Lipinski definition) is 11. The first-order valence-electron chi connectivity index (χ1n) is 16.1. The molecule has 0 aliphatic carbocycles. The van der Waals surface area contributed by atoms with E-state index in [2.05, 4.69) is 71.8 Å². The van der Waals surface area contributed by atoms with Crippen molar-refractivity contribution in [3.8, 4) is 45.6 Å². The summed E-state index contributed by atoms with van der Waals surface area (Å²) in [6, 6.07) is 19.2. The maximum atomic E-state index is 8.91. The molecular weight excluding hydrogens is 816 g/mol. The molecule has 0 aliphatic heterocycles. The van der Waals surface area contributed by atoms with Gasteiger partial charge in [-0.15, -0.1) is 30.6 Å². The van der Waals surface area contributed by atoms with Crippen molar-refractivity contribution in [1.82, 2.24) is 69.2 Å². The van der Waals surface area contributed by atoms with E-state index in [-0.39, 0.29) is 27.7 Å². The van der Waals surface area contributed by atoms with Crippen LogP contribution >= 0.6 is 0 Å². The number of hydrogen-bond donors (Lipinski definition) is 1. The first kappa shape index (κ1) is 35.8. The summed E-state index contributed by atoms with van der Waals surface area (Å²) < 4.78 is 7.24. The van der Waals surface area contributed by atoms with E-state index >= 15 is 0 Å². The van der Waals surface area contributed by atoms with Crippen LogP contribution in [0.3, 0.4) is 0 Å². The first-order valence-corrected chi connectivity index (χ1v) is 16.1. The number of aryl methyl sites for hydroxylation is 1. The molecule has 50 heavy (non-hydrogen) atoms. The van der Waals surface area contributed by atoms with Crippen LogP contribution in [0.25, 0.3) is 56.8 Å². The second-order valence-corrected chi connectivity index (χ2v) is 10.9. The number of aliphatic hydroxyl groups excluding tert-OH is 1. The third-order valence-electron chi connectivity index (χ3n) is 7.06. The van der Waals surface area contributed by atoms with Gasteiger partial charge >= 0.3 is 0 Å². The maximum Gasteiger partial charge on any atom is 0.186 e. The van der Waals surface area contributed by atoms with Crippen molar-refractivity contribution in [3.05, 3.63) is 97.8 Å². The minimum Gasteiger partial charge on any atom is -0.394 e. The topological polar surface area (TPSA) is 168 Å². The Morgan fingerprint density at radius 3 is 1.46 bits per heavy atom. The van der Waals surface area contributed by atoms with Gasteiger partial charge < -0.3 is 5.11 Å². The van der Waals surface area contributed by atoms with Gasteiger partial charge in [-0.1, -0.05) is 49.8 Å². The van der Waals surface area contributed by atoms with Gasteiger partial charge in [-0.25, -0.2) is 4.68 Å². The van der Waals surface area contributed by atoms with Crippen LogP contribution in [-0.4, -0.2) is 80.9 Å². The van der Waals surface area contributed by atoms with Crippen LogP contribution in [0.2, 0.25) is 0 Å². The number of rotatable bonds is 8. The van der Waals surface area contributed by atoms with Crippen molar-refractivity contribution >= 4 is 11.3 Å². The summed E-state index contributed by atoms with van der Waals surface area (Å²) in [4.78, 5) is 8.96. The first-order chi connectivity index (χ1) is 24.1. The summed E-state index contributed by atoms with van der Waals surface area (Å²) in [7, 11) is 0. The molecule has 16 heteroatoms. The summed E-state index contributed by atoms with van der Waals surface area (Å²) in [5.41, 5.74) is 6.41. The van der Waals surface area contributed by atoms with Gasteiger partial charge in [-0.2, -0.15) is 0 Å². The van der Waals surface area contributed by atoms with Gasteiger partial charge in [0.1, 0.15) is 22.8 Å². The zero-order valence-corrected chi connectivity index (χ0v) is 30.1. The molecule has 0 aromatic carbocycles. The molecule has 0 spiro atoms. The fourth-order valence-corrected chi connectivity index (χ4v) is 4.80. The van der Waals surface area contributed by atoms with Crippen molar-refractivity contribution in [3.63, 3.8) is 0 Å². The Hall–Kier alpha value is -5.53. The Kier molecular flexibility index (Phi) is 12.3. The largest absolute Gasteiger partial charge is 0.394 e. The fourth-order valence-electron chi connectivity index (χ4n) is 4.80. The Labute approximate surface area is 302 Å².